The van der Waals surface area contributed by atoms with Crippen molar-refractivity contribution >= 4 is 11.6 Å². The molecule has 2 aromatic rings. The van der Waals surface area contributed by atoms with Gasteiger partial charge in [0.2, 0.25) is 0 Å². The number of carbonyl (C=O) groups is 1. The average molecular weight is 252 g/mol. The number of hydrogen-bond donors (Lipinski definition) is 1. The molecule has 0 saturated heterocycles. The van der Waals surface area contributed by atoms with E-state index < -0.39 is 0 Å². The minimum Gasteiger partial charge on any atom is -0.508 e. The van der Waals surface area contributed by atoms with E-state index in [0.29, 0.717) is 16.8 Å². The van der Waals surface area contributed by atoms with Crippen LogP contribution in [0.25, 0.3) is 0 Å². The van der Waals surface area contributed by atoms with Crippen LogP contribution in [0.4, 0.5) is 5.69 Å². The molecule has 4 nitrogen and oxygen atoms in total. The lowest BCUT2D eigenvalue weighted by atomic mass is 10.1. The number of phenols is 1. The Bertz CT molecular complexity index is 625. The van der Waals surface area contributed by atoms with Crippen molar-refractivity contribution < 1.29 is 9.90 Å². The molecule has 0 aromatic heterocycles. The standard InChI is InChI=1S/C15H12N2O2/c1-17(13-6-8-14(18)9-7-13)15(19)12-4-2-11(10-16)3-5-12/h2-9,18H,1H3. The van der Waals surface area contributed by atoms with E-state index in [2.05, 4.69) is 0 Å². The van der Waals surface area contributed by atoms with Crippen LogP contribution in [0, 0.1) is 11.3 Å². The first-order valence-electron chi connectivity index (χ1n) is 5.69. The molecule has 0 unspecified atom stereocenters. The van der Waals surface area contributed by atoms with E-state index in [4.69, 9.17) is 5.26 Å². The molecule has 0 saturated carbocycles. The summed E-state index contributed by atoms with van der Waals surface area (Å²) in [6.45, 7) is 0. The molecule has 1 N–H and O–H groups in total. The van der Waals surface area contributed by atoms with Gasteiger partial charge in [-0.05, 0) is 48.5 Å². The molecule has 0 radical (unpaired) electrons. The molecule has 2 aromatic carbocycles. The van der Waals surface area contributed by atoms with Crippen LogP contribution < -0.4 is 4.90 Å². The van der Waals surface area contributed by atoms with Gasteiger partial charge in [-0.15, -0.1) is 0 Å². The van der Waals surface area contributed by atoms with E-state index >= 15 is 0 Å². The average Bonchev–Trinajstić information content (AvgIpc) is 2.46. The fraction of sp³-hybridized carbons (Fsp3) is 0.0667. The Balaban J connectivity index is 2.23. The molecule has 19 heavy (non-hydrogen) atoms. The molecule has 0 aliphatic carbocycles. The number of hydrogen-bond acceptors (Lipinski definition) is 3. The Morgan fingerprint density at radius 1 is 1.11 bits per heavy atom. The van der Waals surface area contributed by atoms with Crippen molar-refractivity contribution in [2.45, 2.75) is 0 Å². The van der Waals surface area contributed by atoms with Crippen LogP contribution in [-0.4, -0.2) is 18.1 Å². The predicted octanol–water partition coefficient (Wildman–Crippen LogP) is 2.54. The van der Waals surface area contributed by atoms with E-state index in [9.17, 15) is 9.90 Å². The van der Waals surface area contributed by atoms with E-state index in [-0.39, 0.29) is 11.7 Å². The summed E-state index contributed by atoms with van der Waals surface area (Å²) in [5, 5.41) is 17.9. The van der Waals surface area contributed by atoms with Gasteiger partial charge in [0.15, 0.2) is 0 Å². The molecule has 0 aliphatic heterocycles. The molecular weight excluding hydrogens is 240 g/mol. The Hall–Kier alpha value is -2.80. The van der Waals surface area contributed by atoms with Crippen LogP contribution in [0.15, 0.2) is 48.5 Å². The second-order valence-corrected chi connectivity index (χ2v) is 4.07. The summed E-state index contributed by atoms with van der Waals surface area (Å²) in [5.74, 6) is -0.0156. The molecule has 0 fully saturated rings. The maximum atomic E-state index is 12.2. The Kier molecular flexibility index (Phi) is 3.48. The molecule has 94 valence electrons. The normalized spacial score (nSPS) is 9.68. The third kappa shape index (κ3) is 2.72. The number of aromatic hydroxyl groups is 1. The smallest absolute Gasteiger partial charge is 0.258 e. The molecule has 0 aliphatic rings. The maximum absolute atomic E-state index is 12.2. The highest BCUT2D eigenvalue weighted by atomic mass is 16.3. The summed E-state index contributed by atoms with van der Waals surface area (Å²) in [6.07, 6.45) is 0. The van der Waals surface area contributed by atoms with Gasteiger partial charge < -0.3 is 10.0 Å². The van der Waals surface area contributed by atoms with Crippen LogP contribution in [0.3, 0.4) is 0 Å². The highest BCUT2D eigenvalue weighted by molar-refractivity contribution is 6.05. The van der Waals surface area contributed by atoms with Crippen molar-refractivity contribution in [3.05, 3.63) is 59.7 Å². The SMILES string of the molecule is CN(C(=O)c1ccc(C#N)cc1)c1ccc(O)cc1. The highest BCUT2D eigenvalue weighted by Gasteiger charge is 2.13. The summed E-state index contributed by atoms with van der Waals surface area (Å²) in [7, 11) is 1.66. The van der Waals surface area contributed by atoms with Gasteiger partial charge in [-0.1, -0.05) is 0 Å². The molecule has 0 heterocycles. The Morgan fingerprint density at radius 2 is 1.68 bits per heavy atom. The number of benzene rings is 2. The first-order valence-corrected chi connectivity index (χ1v) is 5.69. The fourth-order valence-electron chi connectivity index (χ4n) is 1.67. The fourth-order valence-corrected chi connectivity index (χ4v) is 1.67. The molecule has 0 bridgehead atoms. The lowest BCUT2D eigenvalue weighted by Crippen LogP contribution is -2.26. The van der Waals surface area contributed by atoms with Gasteiger partial charge in [0, 0.05) is 18.3 Å². The zero-order chi connectivity index (χ0) is 13.8. The van der Waals surface area contributed by atoms with Gasteiger partial charge in [0.1, 0.15) is 5.75 Å². The summed E-state index contributed by atoms with van der Waals surface area (Å²) in [4.78, 5) is 13.7. The maximum Gasteiger partial charge on any atom is 0.258 e. The number of anilines is 1. The molecule has 0 atom stereocenters. The van der Waals surface area contributed by atoms with Gasteiger partial charge in [0.25, 0.3) is 5.91 Å². The van der Waals surface area contributed by atoms with Crippen LogP contribution >= 0.6 is 0 Å². The van der Waals surface area contributed by atoms with Crippen molar-refractivity contribution in [1.82, 2.24) is 0 Å². The van der Waals surface area contributed by atoms with Crippen LogP contribution in [0.2, 0.25) is 0 Å². The minimum atomic E-state index is -0.171. The van der Waals surface area contributed by atoms with Crippen molar-refractivity contribution in [1.29, 1.82) is 5.26 Å². The zero-order valence-electron chi connectivity index (χ0n) is 10.4. The first-order chi connectivity index (χ1) is 9.11. The Labute approximate surface area is 111 Å². The topological polar surface area (TPSA) is 64.3 Å². The van der Waals surface area contributed by atoms with E-state index in [1.807, 2.05) is 6.07 Å². The van der Waals surface area contributed by atoms with Crippen molar-refractivity contribution in [2.75, 3.05) is 11.9 Å². The second-order valence-electron chi connectivity index (χ2n) is 4.07. The predicted molar refractivity (Wildman–Crippen MR) is 72.0 cm³/mol. The van der Waals surface area contributed by atoms with Gasteiger partial charge >= 0.3 is 0 Å². The number of rotatable bonds is 2. The summed E-state index contributed by atoms with van der Waals surface area (Å²) >= 11 is 0. The molecule has 0 spiro atoms. The highest BCUT2D eigenvalue weighted by Crippen LogP contribution is 2.19. The third-order valence-electron chi connectivity index (χ3n) is 2.80. The zero-order valence-corrected chi connectivity index (χ0v) is 10.4. The summed E-state index contributed by atoms with van der Waals surface area (Å²) in [6, 6.07) is 14.8. The molecule has 1 amide bonds. The largest absolute Gasteiger partial charge is 0.508 e. The lowest BCUT2D eigenvalue weighted by Gasteiger charge is -2.17. The van der Waals surface area contributed by atoms with Gasteiger partial charge in [-0.3, -0.25) is 4.79 Å². The van der Waals surface area contributed by atoms with E-state index in [1.54, 1.807) is 43.4 Å². The van der Waals surface area contributed by atoms with Crippen molar-refractivity contribution in [2.24, 2.45) is 0 Å². The number of nitriles is 1. The lowest BCUT2D eigenvalue weighted by molar-refractivity contribution is 0.0993. The van der Waals surface area contributed by atoms with E-state index in [1.165, 1.54) is 17.0 Å². The van der Waals surface area contributed by atoms with Gasteiger partial charge in [-0.25, -0.2) is 0 Å². The molecule has 2 rings (SSSR count). The van der Waals surface area contributed by atoms with Gasteiger partial charge in [0.05, 0.1) is 11.6 Å². The van der Waals surface area contributed by atoms with Crippen molar-refractivity contribution in [3.8, 4) is 11.8 Å². The van der Waals surface area contributed by atoms with Crippen LogP contribution in [0.5, 0.6) is 5.75 Å². The first kappa shape index (κ1) is 12.7. The number of phenolic OH excluding ortho intramolecular Hbond substituents is 1. The molecular formula is C15H12N2O2. The van der Waals surface area contributed by atoms with E-state index in [0.717, 1.165) is 0 Å². The second kappa shape index (κ2) is 5.23. The number of amides is 1. The Morgan fingerprint density at radius 3 is 2.21 bits per heavy atom. The quantitative estimate of drug-likeness (QED) is 0.893. The van der Waals surface area contributed by atoms with Crippen LogP contribution in [-0.2, 0) is 0 Å². The summed E-state index contributed by atoms with van der Waals surface area (Å²) in [5.41, 5.74) is 1.71. The van der Waals surface area contributed by atoms with Gasteiger partial charge in [-0.2, -0.15) is 5.26 Å². The van der Waals surface area contributed by atoms with Crippen LogP contribution in [0.1, 0.15) is 15.9 Å². The minimum absolute atomic E-state index is 0.156. The third-order valence-corrected chi connectivity index (χ3v) is 2.80. The monoisotopic (exact) mass is 252 g/mol. The van der Waals surface area contributed by atoms with Crippen molar-refractivity contribution in [3.63, 3.8) is 0 Å². The summed E-state index contributed by atoms with van der Waals surface area (Å²) < 4.78 is 0. The number of carbonyl (C=O) groups excluding carboxylic acids is 1. The molecule has 4 heteroatoms. The number of nitrogens with zero attached hydrogens (tertiary/aromatic N) is 2.